The van der Waals surface area contributed by atoms with E-state index >= 15 is 0 Å². The molecule has 8 heteroatoms. The molecule has 0 spiro atoms. The zero-order valence-electron chi connectivity index (χ0n) is 16.4. The fourth-order valence-corrected chi connectivity index (χ4v) is 4.59. The molecule has 1 aliphatic rings. The predicted molar refractivity (Wildman–Crippen MR) is 115 cm³/mol. The second-order valence-corrected chi connectivity index (χ2v) is 8.58. The zero-order chi connectivity index (χ0) is 20.3. The van der Waals surface area contributed by atoms with Crippen LogP contribution in [0.4, 0.5) is 0 Å². The molecule has 7 nitrogen and oxygen atoms in total. The molecular weight excluding hydrogens is 396 g/mol. The van der Waals surface area contributed by atoms with E-state index in [1.165, 1.54) is 5.56 Å². The molecule has 1 atom stereocenters. The van der Waals surface area contributed by atoms with Gasteiger partial charge in [-0.15, -0.1) is 21.5 Å². The van der Waals surface area contributed by atoms with Crippen molar-refractivity contribution in [3.63, 3.8) is 0 Å². The van der Waals surface area contributed by atoms with E-state index < -0.39 is 0 Å². The van der Waals surface area contributed by atoms with Gasteiger partial charge in [0.25, 0.3) is 5.91 Å². The average Bonchev–Trinajstić information content (AvgIpc) is 3.53. The average molecular weight is 419 g/mol. The molecule has 1 unspecified atom stereocenters. The highest BCUT2D eigenvalue weighted by atomic mass is 32.1. The van der Waals surface area contributed by atoms with E-state index in [4.69, 9.17) is 0 Å². The lowest BCUT2D eigenvalue weighted by Gasteiger charge is -2.15. The summed E-state index contributed by atoms with van der Waals surface area (Å²) in [6, 6.07) is 11.7. The number of carbonyl (C=O) groups is 1. The first-order valence-corrected chi connectivity index (χ1v) is 10.9. The van der Waals surface area contributed by atoms with Crippen molar-refractivity contribution < 1.29 is 4.79 Å². The summed E-state index contributed by atoms with van der Waals surface area (Å²) in [5, 5.41) is 13.8. The summed E-state index contributed by atoms with van der Waals surface area (Å²) < 4.78 is 1.97. The Balaban J connectivity index is 1.30. The molecule has 0 bridgehead atoms. The Kier molecular flexibility index (Phi) is 5.25. The van der Waals surface area contributed by atoms with Crippen LogP contribution in [0.1, 0.15) is 39.0 Å². The van der Waals surface area contributed by atoms with Gasteiger partial charge in [0.1, 0.15) is 5.82 Å². The highest BCUT2D eigenvalue weighted by molar-refractivity contribution is 7.09. The maximum Gasteiger partial charge on any atom is 0.253 e. The summed E-state index contributed by atoms with van der Waals surface area (Å²) in [5.41, 5.74) is 2.60. The molecule has 1 fully saturated rings. The van der Waals surface area contributed by atoms with E-state index in [-0.39, 0.29) is 5.91 Å². The predicted octanol–water partition coefficient (Wildman–Crippen LogP) is 3.11. The molecule has 4 aromatic rings. The van der Waals surface area contributed by atoms with Crippen LogP contribution >= 0.6 is 11.3 Å². The second kappa shape index (κ2) is 8.33. The van der Waals surface area contributed by atoms with Crippen molar-refractivity contribution in [2.75, 3.05) is 13.1 Å². The number of nitrogens with one attached hydrogen (secondary N) is 1. The first-order valence-electron chi connectivity index (χ1n) is 10.0. The summed E-state index contributed by atoms with van der Waals surface area (Å²) in [6.45, 7) is 3.35. The lowest BCUT2D eigenvalue weighted by molar-refractivity contribution is 0.0951. The number of rotatable bonds is 6. The van der Waals surface area contributed by atoms with Gasteiger partial charge in [0.2, 0.25) is 0 Å². The Morgan fingerprint density at radius 3 is 3.00 bits per heavy atom. The van der Waals surface area contributed by atoms with Gasteiger partial charge in [-0.05, 0) is 48.2 Å². The van der Waals surface area contributed by atoms with Gasteiger partial charge in [-0.1, -0.05) is 12.1 Å². The molecule has 5 heterocycles. The normalized spacial score (nSPS) is 16.9. The number of pyridine rings is 2. The van der Waals surface area contributed by atoms with Gasteiger partial charge in [-0.2, -0.15) is 0 Å². The van der Waals surface area contributed by atoms with Crippen molar-refractivity contribution in [1.82, 2.24) is 29.8 Å². The first-order chi connectivity index (χ1) is 14.8. The van der Waals surface area contributed by atoms with Crippen molar-refractivity contribution in [3.8, 4) is 0 Å². The molecular formula is C22H22N6OS. The van der Waals surface area contributed by atoms with Gasteiger partial charge in [0.05, 0.1) is 12.1 Å². The summed E-state index contributed by atoms with van der Waals surface area (Å²) in [6.07, 6.45) is 6.60. The lowest BCUT2D eigenvalue weighted by atomic mass is 10.1. The van der Waals surface area contributed by atoms with Crippen LogP contribution in [0, 0.1) is 0 Å². The van der Waals surface area contributed by atoms with Gasteiger partial charge in [0.15, 0.2) is 5.65 Å². The smallest absolute Gasteiger partial charge is 0.253 e. The summed E-state index contributed by atoms with van der Waals surface area (Å²) >= 11 is 1.64. The number of nitrogens with zero attached hydrogens (tertiary/aromatic N) is 5. The van der Waals surface area contributed by atoms with Gasteiger partial charge in [0, 0.05) is 42.5 Å². The van der Waals surface area contributed by atoms with E-state index in [0.29, 0.717) is 18.0 Å². The van der Waals surface area contributed by atoms with Crippen LogP contribution < -0.4 is 5.32 Å². The van der Waals surface area contributed by atoms with Crippen molar-refractivity contribution in [3.05, 3.63) is 82.2 Å². The highest BCUT2D eigenvalue weighted by Gasteiger charge is 2.28. The molecule has 0 aromatic carbocycles. The van der Waals surface area contributed by atoms with Crippen LogP contribution in [0.25, 0.3) is 5.65 Å². The third-order valence-corrected chi connectivity index (χ3v) is 6.34. The third-order valence-electron chi connectivity index (χ3n) is 5.46. The van der Waals surface area contributed by atoms with Crippen molar-refractivity contribution in [2.24, 2.45) is 0 Å². The Bertz CT molecular complexity index is 1140. The number of hydrogen-bond donors (Lipinski definition) is 1. The number of hydrogen-bond acceptors (Lipinski definition) is 6. The van der Waals surface area contributed by atoms with Crippen molar-refractivity contribution in [2.45, 2.75) is 25.4 Å². The number of carbonyl (C=O) groups excluding carboxylic acids is 1. The fraction of sp³-hybridized carbons (Fsp3) is 0.273. The number of amides is 1. The van der Waals surface area contributed by atoms with E-state index in [9.17, 15) is 4.79 Å². The van der Waals surface area contributed by atoms with Crippen LogP contribution in [0.5, 0.6) is 0 Å². The van der Waals surface area contributed by atoms with E-state index in [0.717, 1.165) is 42.4 Å². The Hall–Kier alpha value is -3.10. The molecule has 1 aliphatic heterocycles. The van der Waals surface area contributed by atoms with E-state index in [1.807, 2.05) is 46.4 Å². The fourth-order valence-electron chi connectivity index (χ4n) is 3.94. The van der Waals surface area contributed by atoms with Crippen LogP contribution in [-0.2, 0) is 13.1 Å². The number of likely N-dealkylation sites (tertiary alicyclic amines) is 1. The largest absolute Gasteiger partial charge is 0.347 e. The van der Waals surface area contributed by atoms with Gasteiger partial charge in [-0.25, -0.2) is 0 Å². The van der Waals surface area contributed by atoms with Gasteiger partial charge >= 0.3 is 0 Å². The Morgan fingerprint density at radius 2 is 2.17 bits per heavy atom. The monoisotopic (exact) mass is 418 g/mol. The molecule has 1 amide bonds. The molecule has 5 rings (SSSR count). The quantitative estimate of drug-likeness (QED) is 0.521. The maximum atomic E-state index is 12.6. The van der Waals surface area contributed by atoms with E-state index in [2.05, 4.69) is 31.5 Å². The van der Waals surface area contributed by atoms with Gasteiger partial charge in [-0.3, -0.25) is 19.1 Å². The van der Waals surface area contributed by atoms with E-state index in [1.54, 1.807) is 23.6 Å². The number of fused-ring (bicyclic) bond motifs is 1. The minimum Gasteiger partial charge on any atom is -0.347 e. The van der Waals surface area contributed by atoms with Crippen LogP contribution in [0.3, 0.4) is 0 Å². The molecule has 0 saturated carbocycles. The second-order valence-electron chi connectivity index (χ2n) is 7.55. The molecule has 30 heavy (non-hydrogen) atoms. The summed E-state index contributed by atoms with van der Waals surface area (Å²) in [5.74, 6) is 1.13. The molecule has 1 N–H and O–H groups in total. The summed E-state index contributed by atoms with van der Waals surface area (Å²) in [4.78, 5) is 20.4. The molecule has 0 radical (unpaired) electrons. The third kappa shape index (κ3) is 3.96. The zero-order valence-corrected chi connectivity index (χ0v) is 17.3. The van der Waals surface area contributed by atoms with Gasteiger partial charge < -0.3 is 5.32 Å². The lowest BCUT2D eigenvalue weighted by Crippen LogP contribution is -2.23. The Labute approximate surface area is 178 Å². The van der Waals surface area contributed by atoms with Crippen LogP contribution in [-0.4, -0.2) is 43.5 Å². The summed E-state index contributed by atoms with van der Waals surface area (Å²) in [7, 11) is 0. The Morgan fingerprint density at radius 1 is 1.20 bits per heavy atom. The van der Waals surface area contributed by atoms with Crippen LogP contribution in [0.15, 0.2) is 60.4 Å². The minimum atomic E-state index is -0.0884. The molecule has 1 saturated heterocycles. The van der Waals surface area contributed by atoms with Crippen LogP contribution in [0.2, 0.25) is 0 Å². The minimum absolute atomic E-state index is 0.0884. The number of aromatic nitrogens is 4. The maximum absolute atomic E-state index is 12.6. The first kappa shape index (κ1) is 18.9. The topological polar surface area (TPSA) is 75.4 Å². The highest BCUT2D eigenvalue weighted by Crippen LogP contribution is 2.27. The SMILES string of the molecule is O=C(NCc1cccs1)c1ccc2nnc(C3CCN(Cc4cccnc4)C3)n2c1. The molecule has 0 aliphatic carbocycles. The number of thiophene rings is 1. The molecule has 152 valence electrons. The van der Waals surface area contributed by atoms with Crippen molar-refractivity contribution in [1.29, 1.82) is 0 Å². The van der Waals surface area contributed by atoms with Crippen molar-refractivity contribution >= 4 is 22.9 Å². The standard InChI is InChI=1S/C22H22N6OS/c29-22(24-12-19-4-2-10-30-19)18-5-6-20-25-26-21(28(20)15-18)17-7-9-27(14-17)13-16-3-1-8-23-11-16/h1-6,8,10-11,15,17H,7,9,12-14H2,(H,24,29). The molecule has 4 aromatic heterocycles.